The fourth-order valence-corrected chi connectivity index (χ4v) is 1.02. The van der Waals surface area contributed by atoms with Gasteiger partial charge >= 0.3 is 0 Å². The minimum Gasteiger partial charge on any atom is -0.375 e. The number of alkyl halides is 1. The van der Waals surface area contributed by atoms with Gasteiger partial charge in [0.15, 0.2) is 5.67 Å². The second-order valence-corrected chi connectivity index (χ2v) is 3.58. The summed E-state index contributed by atoms with van der Waals surface area (Å²) in [5.74, 6) is 0.605. The molecule has 1 heterocycles. The zero-order valence-electron chi connectivity index (χ0n) is 6.69. The van der Waals surface area contributed by atoms with Crippen molar-refractivity contribution in [2.45, 2.75) is 32.4 Å². The number of rotatable bonds is 3. The average Bonchev–Trinajstić information content (AvgIpc) is 1.79. The molecular weight excluding hydrogens is 131 g/mol. The lowest BCUT2D eigenvalue weighted by molar-refractivity contribution is -0.135. The number of halogens is 1. The molecule has 1 fully saturated rings. The van der Waals surface area contributed by atoms with Crippen LogP contribution in [0.1, 0.15) is 26.7 Å². The van der Waals surface area contributed by atoms with E-state index in [1.807, 2.05) is 0 Å². The predicted molar refractivity (Wildman–Crippen MR) is 38.7 cm³/mol. The fraction of sp³-hybridized carbons (Fsp3) is 1.00. The van der Waals surface area contributed by atoms with Crippen molar-refractivity contribution >= 4 is 0 Å². The highest BCUT2D eigenvalue weighted by atomic mass is 19.1. The zero-order valence-corrected chi connectivity index (χ0v) is 6.69. The topological polar surface area (TPSA) is 9.23 Å². The van der Waals surface area contributed by atoms with Gasteiger partial charge in [-0.05, 0) is 18.8 Å². The minimum absolute atomic E-state index is 0.319. The Kier molecular flexibility index (Phi) is 2.29. The Hall–Kier alpha value is -0.110. The van der Waals surface area contributed by atoms with Crippen molar-refractivity contribution in [3.8, 4) is 0 Å². The van der Waals surface area contributed by atoms with Gasteiger partial charge in [-0.1, -0.05) is 13.8 Å². The summed E-state index contributed by atoms with van der Waals surface area (Å²) in [6.45, 7) is 4.87. The van der Waals surface area contributed by atoms with Crippen LogP contribution in [0.3, 0.4) is 0 Å². The van der Waals surface area contributed by atoms with Crippen LogP contribution in [0.2, 0.25) is 0 Å². The fourth-order valence-electron chi connectivity index (χ4n) is 1.02. The van der Waals surface area contributed by atoms with Crippen molar-refractivity contribution in [1.29, 1.82) is 0 Å². The van der Waals surface area contributed by atoms with E-state index in [2.05, 4.69) is 13.8 Å². The Bertz CT molecular complexity index is 108. The first-order valence-electron chi connectivity index (χ1n) is 3.89. The summed E-state index contributed by atoms with van der Waals surface area (Å²) in [5.41, 5.74) is -0.968. The van der Waals surface area contributed by atoms with Gasteiger partial charge in [-0.15, -0.1) is 0 Å². The molecule has 1 nitrogen and oxygen atoms in total. The largest absolute Gasteiger partial charge is 0.375 e. The number of ether oxygens (including phenoxy) is 1. The third-order valence-electron chi connectivity index (χ3n) is 1.89. The molecule has 60 valence electrons. The highest BCUT2D eigenvalue weighted by molar-refractivity contribution is 4.85. The van der Waals surface area contributed by atoms with Crippen molar-refractivity contribution < 1.29 is 9.13 Å². The standard InChI is InChI=1S/C8H15FO/c1-7(2)3-4-8(9)5-10-6-8/h7H,3-6H2,1-2H3. The maximum Gasteiger partial charge on any atom is 0.157 e. The van der Waals surface area contributed by atoms with E-state index in [1.54, 1.807) is 0 Å². The van der Waals surface area contributed by atoms with E-state index in [4.69, 9.17) is 4.74 Å². The Morgan fingerprint density at radius 2 is 2.10 bits per heavy atom. The van der Waals surface area contributed by atoms with Crippen LogP contribution in [0, 0.1) is 5.92 Å². The summed E-state index contributed by atoms with van der Waals surface area (Å²) in [4.78, 5) is 0. The molecule has 1 rings (SSSR count). The van der Waals surface area contributed by atoms with Gasteiger partial charge in [0.05, 0.1) is 13.2 Å². The van der Waals surface area contributed by atoms with Crippen LogP contribution < -0.4 is 0 Å². The van der Waals surface area contributed by atoms with E-state index in [9.17, 15) is 4.39 Å². The van der Waals surface area contributed by atoms with Crippen LogP contribution in [0.4, 0.5) is 4.39 Å². The SMILES string of the molecule is CC(C)CCC1(F)COC1. The van der Waals surface area contributed by atoms with E-state index in [0.29, 0.717) is 25.6 Å². The molecule has 0 bridgehead atoms. The van der Waals surface area contributed by atoms with Crippen LogP contribution >= 0.6 is 0 Å². The molecule has 1 aliphatic rings. The lowest BCUT2D eigenvalue weighted by Gasteiger charge is -2.34. The monoisotopic (exact) mass is 146 g/mol. The molecule has 0 saturated carbocycles. The Morgan fingerprint density at radius 1 is 1.50 bits per heavy atom. The summed E-state index contributed by atoms with van der Waals surface area (Å²) in [7, 11) is 0. The molecule has 0 atom stereocenters. The van der Waals surface area contributed by atoms with Gasteiger partial charge in [-0.25, -0.2) is 4.39 Å². The lowest BCUT2D eigenvalue weighted by Crippen LogP contribution is -2.45. The molecule has 0 unspecified atom stereocenters. The van der Waals surface area contributed by atoms with Gasteiger partial charge in [0.2, 0.25) is 0 Å². The van der Waals surface area contributed by atoms with Gasteiger partial charge in [0.25, 0.3) is 0 Å². The van der Waals surface area contributed by atoms with Gasteiger partial charge < -0.3 is 4.74 Å². The molecule has 0 spiro atoms. The molecule has 0 amide bonds. The zero-order chi connectivity index (χ0) is 7.61. The highest BCUT2D eigenvalue weighted by Crippen LogP contribution is 2.28. The lowest BCUT2D eigenvalue weighted by atomic mass is 9.94. The maximum atomic E-state index is 13.1. The van der Waals surface area contributed by atoms with E-state index in [0.717, 1.165) is 6.42 Å². The average molecular weight is 146 g/mol. The van der Waals surface area contributed by atoms with Crippen molar-refractivity contribution in [2.24, 2.45) is 5.92 Å². The highest BCUT2D eigenvalue weighted by Gasteiger charge is 2.37. The molecule has 1 saturated heterocycles. The first-order valence-corrected chi connectivity index (χ1v) is 3.89. The molecule has 0 radical (unpaired) electrons. The van der Waals surface area contributed by atoms with E-state index < -0.39 is 5.67 Å². The van der Waals surface area contributed by atoms with Crippen LogP contribution in [0.25, 0.3) is 0 Å². The number of hydrogen-bond donors (Lipinski definition) is 0. The molecule has 1 aliphatic heterocycles. The first kappa shape index (κ1) is 7.99. The third kappa shape index (κ3) is 1.94. The van der Waals surface area contributed by atoms with Crippen molar-refractivity contribution in [1.82, 2.24) is 0 Å². The molecule has 10 heavy (non-hydrogen) atoms. The molecule has 0 aromatic carbocycles. The Labute approximate surface area is 61.6 Å². The Morgan fingerprint density at radius 3 is 2.40 bits per heavy atom. The van der Waals surface area contributed by atoms with Gasteiger partial charge in [-0.2, -0.15) is 0 Å². The van der Waals surface area contributed by atoms with E-state index in [-0.39, 0.29) is 0 Å². The summed E-state index contributed by atoms with van der Waals surface area (Å²) < 4.78 is 17.9. The van der Waals surface area contributed by atoms with Gasteiger partial charge in [0.1, 0.15) is 0 Å². The normalized spacial score (nSPS) is 22.8. The first-order chi connectivity index (χ1) is 4.62. The smallest absolute Gasteiger partial charge is 0.157 e. The van der Waals surface area contributed by atoms with Crippen molar-refractivity contribution in [2.75, 3.05) is 13.2 Å². The maximum absolute atomic E-state index is 13.1. The van der Waals surface area contributed by atoms with Gasteiger partial charge in [-0.3, -0.25) is 0 Å². The minimum atomic E-state index is -0.968. The second-order valence-electron chi connectivity index (χ2n) is 3.58. The predicted octanol–water partition coefficient (Wildman–Crippen LogP) is 2.16. The van der Waals surface area contributed by atoms with E-state index >= 15 is 0 Å². The summed E-state index contributed by atoms with van der Waals surface area (Å²) in [6, 6.07) is 0. The van der Waals surface area contributed by atoms with Crippen LogP contribution in [-0.2, 0) is 4.74 Å². The van der Waals surface area contributed by atoms with Gasteiger partial charge in [0, 0.05) is 0 Å². The molecule has 0 aromatic heterocycles. The Balaban J connectivity index is 2.12. The summed E-state index contributed by atoms with van der Waals surface area (Å²) in [6.07, 6.45) is 1.64. The second kappa shape index (κ2) is 2.87. The van der Waals surface area contributed by atoms with Crippen molar-refractivity contribution in [3.63, 3.8) is 0 Å². The third-order valence-corrected chi connectivity index (χ3v) is 1.89. The molecule has 0 aliphatic carbocycles. The van der Waals surface area contributed by atoms with Crippen LogP contribution in [0.5, 0.6) is 0 Å². The summed E-state index contributed by atoms with van der Waals surface area (Å²) >= 11 is 0. The molecule has 2 heteroatoms. The van der Waals surface area contributed by atoms with Crippen LogP contribution in [-0.4, -0.2) is 18.9 Å². The van der Waals surface area contributed by atoms with Crippen molar-refractivity contribution in [3.05, 3.63) is 0 Å². The van der Waals surface area contributed by atoms with E-state index in [1.165, 1.54) is 0 Å². The quantitative estimate of drug-likeness (QED) is 0.593. The molecular formula is C8H15FO. The number of hydrogen-bond acceptors (Lipinski definition) is 1. The molecule has 0 aromatic rings. The van der Waals surface area contributed by atoms with Crippen LogP contribution in [0.15, 0.2) is 0 Å². The molecule has 0 N–H and O–H groups in total. The summed E-state index contributed by atoms with van der Waals surface area (Å²) in [5, 5.41) is 0.